The third-order valence-corrected chi connectivity index (χ3v) is 5.83. The molecule has 1 saturated heterocycles. The van der Waals surface area contributed by atoms with E-state index >= 15 is 0 Å². The number of methoxy groups -OCH3 is 1. The van der Waals surface area contributed by atoms with Crippen molar-refractivity contribution in [2.24, 2.45) is 11.1 Å². The van der Waals surface area contributed by atoms with E-state index in [0.717, 1.165) is 0 Å². The summed E-state index contributed by atoms with van der Waals surface area (Å²) in [5.74, 6) is 0.643. The van der Waals surface area contributed by atoms with E-state index in [0.29, 0.717) is 30.2 Å². The molecule has 7 heteroatoms. The van der Waals surface area contributed by atoms with Crippen LogP contribution in [-0.4, -0.2) is 39.0 Å². The quantitative estimate of drug-likeness (QED) is 0.915. The Hall–Kier alpha value is -0.820. The number of halogens is 1. The smallest absolute Gasteiger partial charge is 0.243 e. The molecule has 0 bridgehead atoms. The molecule has 0 radical (unpaired) electrons. The number of piperidine rings is 1. The summed E-state index contributed by atoms with van der Waals surface area (Å²) >= 11 is 0. The predicted molar refractivity (Wildman–Crippen MR) is 85.4 cm³/mol. The first-order valence-corrected chi connectivity index (χ1v) is 8.11. The molecule has 1 fully saturated rings. The van der Waals surface area contributed by atoms with Crippen molar-refractivity contribution in [1.82, 2.24) is 4.31 Å². The van der Waals surface area contributed by atoms with Gasteiger partial charge in [0.25, 0.3) is 0 Å². The van der Waals surface area contributed by atoms with Gasteiger partial charge in [-0.05, 0) is 36.1 Å². The van der Waals surface area contributed by atoms with Crippen molar-refractivity contribution >= 4 is 22.4 Å². The van der Waals surface area contributed by atoms with Crippen LogP contribution in [0.3, 0.4) is 0 Å². The summed E-state index contributed by atoms with van der Waals surface area (Å²) < 4.78 is 31.8. The van der Waals surface area contributed by atoms with E-state index in [1.54, 1.807) is 31.4 Å². The van der Waals surface area contributed by atoms with E-state index in [9.17, 15) is 8.42 Å². The molecule has 1 heterocycles. The summed E-state index contributed by atoms with van der Waals surface area (Å²) in [6, 6.07) is 6.51. The van der Waals surface area contributed by atoms with Crippen molar-refractivity contribution in [2.45, 2.75) is 31.2 Å². The Bertz CT molecular complexity index is 572. The van der Waals surface area contributed by atoms with Gasteiger partial charge in [0, 0.05) is 19.1 Å². The molecule has 1 aliphatic rings. The monoisotopic (exact) mass is 334 g/mol. The second kappa shape index (κ2) is 6.52. The van der Waals surface area contributed by atoms with Gasteiger partial charge in [-0.1, -0.05) is 13.8 Å². The Labute approximate surface area is 132 Å². The molecule has 5 nitrogen and oxygen atoms in total. The molecule has 0 spiro atoms. The Balaban J connectivity index is 0.00000220. The molecule has 0 aliphatic carbocycles. The van der Waals surface area contributed by atoms with E-state index in [2.05, 4.69) is 0 Å². The number of hydrogen-bond donors (Lipinski definition) is 1. The molecular weight excluding hydrogens is 312 g/mol. The van der Waals surface area contributed by atoms with Crippen LogP contribution in [0.15, 0.2) is 29.2 Å². The van der Waals surface area contributed by atoms with Gasteiger partial charge in [0.2, 0.25) is 10.0 Å². The molecule has 0 saturated carbocycles. The standard InChI is InChI=1S/C14H22N2O3S.ClH/c1-14(2)10-16(9-8-13(14)15)20(17,18)12-6-4-11(19-3)5-7-12;/h4-7,13H,8-10,15H2,1-3H3;1H. The van der Waals surface area contributed by atoms with E-state index in [-0.39, 0.29) is 23.9 Å². The minimum absolute atomic E-state index is 0. The van der Waals surface area contributed by atoms with Crippen LogP contribution in [0.2, 0.25) is 0 Å². The van der Waals surface area contributed by atoms with Crippen LogP contribution in [0.1, 0.15) is 20.3 Å². The normalized spacial score (nSPS) is 22.4. The number of nitrogens with two attached hydrogens (primary N) is 1. The molecule has 1 atom stereocenters. The van der Waals surface area contributed by atoms with Crippen molar-refractivity contribution in [1.29, 1.82) is 0 Å². The topological polar surface area (TPSA) is 72.6 Å². The first-order chi connectivity index (χ1) is 9.27. The van der Waals surface area contributed by atoms with Crippen LogP contribution in [0.4, 0.5) is 0 Å². The van der Waals surface area contributed by atoms with Crippen molar-refractivity contribution < 1.29 is 13.2 Å². The summed E-state index contributed by atoms with van der Waals surface area (Å²) in [4.78, 5) is 0.296. The van der Waals surface area contributed by atoms with Gasteiger partial charge in [-0.25, -0.2) is 8.42 Å². The van der Waals surface area contributed by atoms with Crippen LogP contribution in [0, 0.1) is 5.41 Å². The maximum atomic E-state index is 12.6. The van der Waals surface area contributed by atoms with Gasteiger partial charge < -0.3 is 10.5 Å². The highest BCUT2D eigenvalue weighted by Crippen LogP contribution is 2.31. The van der Waals surface area contributed by atoms with Crippen molar-refractivity contribution in [2.75, 3.05) is 20.2 Å². The third kappa shape index (κ3) is 3.69. The summed E-state index contributed by atoms with van der Waals surface area (Å²) in [5, 5.41) is 0. The van der Waals surface area contributed by atoms with Gasteiger partial charge in [-0.2, -0.15) is 4.31 Å². The minimum atomic E-state index is -3.46. The molecule has 0 amide bonds. The van der Waals surface area contributed by atoms with Crippen LogP contribution >= 0.6 is 12.4 Å². The molecule has 1 aromatic rings. The first-order valence-electron chi connectivity index (χ1n) is 6.67. The molecule has 0 aromatic heterocycles. The lowest BCUT2D eigenvalue weighted by atomic mass is 9.81. The highest BCUT2D eigenvalue weighted by atomic mass is 35.5. The number of nitrogens with zero attached hydrogens (tertiary/aromatic N) is 1. The summed E-state index contributed by atoms with van der Waals surface area (Å²) in [7, 11) is -1.91. The number of sulfonamides is 1. The molecular formula is C14H23ClN2O3S. The van der Waals surface area contributed by atoms with Crippen molar-refractivity contribution in [3.05, 3.63) is 24.3 Å². The van der Waals surface area contributed by atoms with Gasteiger partial charge in [-0.15, -0.1) is 12.4 Å². The summed E-state index contributed by atoms with van der Waals surface area (Å²) in [5.41, 5.74) is 5.85. The van der Waals surface area contributed by atoms with Crippen LogP contribution in [0.25, 0.3) is 0 Å². The average molecular weight is 335 g/mol. The number of rotatable bonds is 3. The second-order valence-electron chi connectivity index (χ2n) is 5.90. The largest absolute Gasteiger partial charge is 0.497 e. The fraction of sp³-hybridized carbons (Fsp3) is 0.571. The lowest BCUT2D eigenvalue weighted by Gasteiger charge is -2.41. The van der Waals surface area contributed by atoms with E-state index in [4.69, 9.17) is 10.5 Å². The zero-order valence-corrected chi connectivity index (χ0v) is 14.2. The van der Waals surface area contributed by atoms with Crippen molar-refractivity contribution in [3.8, 4) is 5.75 Å². The Morgan fingerprint density at radius 3 is 2.33 bits per heavy atom. The minimum Gasteiger partial charge on any atom is -0.497 e. The van der Waals surface area contributed by atoms with Crippen LogP contribution in [0.5, 0.6) is 5.75 Å². The lowest BCUT2D eigenvalue weighted by Crippen LogP contribution is -2.53. The molecule has 1 aliphatic heterocycles. The molecule has 1 unspecified atom stereocenters. The highest BCUT2D eigenvalue weighted by molar-refractivity contribution is 7.89. The van der Waals surface area contributed by atoms with E-state index in [1.807, 2.05) is 13.8 Å². The fourth-order valence-electron chi connectivity index (χ4n) is 2.43. The Morgan fingerprint density at radius 1 is 1.29 bits per heavy atom. The average Bonchev–Trinajstić information content (AvgIpc) is 2.41. The van der Waals surface area contributed by atoms with Gasteiger partial charge in [0.15, 0.2) is 0 Å². The highest BCUT2D eigenvalue weighted by Gasteiger charge is 2.38. The fourth-order valence-corrected chi connectivity index (χ4v) is 4.05. The summed E-state index contributed by atoms with van der Waals surface area (Å²) in [6.07, 6.45) is 0.683. The maximum absolute atomic E-state index is 12.6. The van der Waals surface area contributed by atoms with Gasteiger partial charge in [-0.3, -0.25) is 0 Å². The number of benzene rings is 1. The molecule has 21 heavy (non-hydrogen) atoms. The van der Waals surface area contributed by atoms with Gasteiger partial charge in [0.05, 0.1) is 12.0 Å². The zero-order valence-electron chi connectivity index (χ0n) is 12.6. The predicted octanol–water partition coefficient (Wildman–Crippen LogP) is 1.86. The van der Waals surface area contributed by atoms with Gasteiger partial charge in [0.1, 0.15) is 5.75 Å². The van der Waals surface area contributed by atoms with Crippen LogP contribution in [-0.2, 0) is 10.0 Å². The first kappa shape index (κ1) is 18.2. The van der Waals surface area contributed by atoms with E-state index < -0.39 is 10.0 Å². The maximum Gasteiger partial charge on any atom is 0.243 e. The number of ether oxygens (including phenoxy) is 1. The molecule has 120 valence electrons. The second-order valence-corrected chi connectivity index (χ2v) is 7.84. The Morgan fingerprint density at radius 2 is 1.86 bits per heavy atom. The molecule has 2 rings (SSSR count). The molecule has 1 aromatic carbocycles. The van der Waals surface area contributed by atoms with E-state index in [1.165, 1.54) is 4.31 Å². The van der Waals surface area contributed by atoms with Crippen molar-refractivity contribution in [3.63, 3.8) is 0 Å². The summed E-state index contributed by atoms with van der Waals surface area (Å²) in [6.45, 7) is 4.93. The third-order valence-electron chi connectivity index (χ3n) is 3.97. The SMILES string of the molecule is COc1ccc(S(=O)(=O)N2CCC(N)C(C)(C)C2)cc1.Cl. The Kier molecular flexibility index (Phi) is 5.66. The zero-order chi connectivity index (χ0) is 15.0. The number of hydrogen-bond acceptors (Lipinski definition) is 4. The van der Waals surface area contributed by atoms with Crippen LogP contribution < -0.4 is 10.5 Å². The molecule has 2 N–H and O–H groups in total. The lowest BCUT2D eigenvalue weighted by molar-refractivity contribution is 0.155. The van der Waals surface area contributed by atoms with Gasteiger partial charge >= 0.3 is 0 Å².